The number of anilines is 1. The van der Waals surface area contributed by atoms with Crippen molar-refractivity contribution in [2.45, 2.75) is 38.6 Å². The van der Waals surface area contributed by atoms with Gasteiger partial charge in [0.25, 0.3) is 0 Å². The lowest BCUT2D eigenvalue weighted by Gasteiger charge is -2.36. The van der Waals surface area contributed by atoms with Crippen LogP contribution in [0.5, 0.6) is 0 Å². The number of nitrogens with zero attached hydrogens (tertiary/aromatic N) is 4. The van der Waals surface area contributed by atoms with E-state index < -0.39 is 0 Å². The molecule has 0 amide bonds. The summed E-state index contributed by atoms with van der Waals surface area (Å²) >= 11 is 1.54. The van der Waals surface area contributed by atoms with Gasteiger partial charge in [-0.15, -0.1) is 0 Å². The summed E-state index contributed by atoms with van der Waals surface area (Å²) in [6, 6.07) is 0.822. The number of hydrogen-bond acceptors (Lipinski definition) is 5. The first-order valence-electron chi connectivity index (χ1n) is 6.62. The van der Waals surface area contributed by atoms with Gasteiger partial charge in [0.2, 0.25) is 5.13 Å². The molecule has 0 aliphatic carbocycles. The van der Waals surface area contributed by atoms with Crippen LogP contribution in [0, 0.1) is 6.92 Å². The normalized spacial score (nSPS) is 23.5. The minimum Gasteiger partial charge on any atom is -0.347 e. The van der Waals surface area contributed by atoms with Gasteiger partial charge in [-0.25, -0.2) is 4.98 Å². The molecule has 17 heavy (non-hydrogen) atoms. The molecular weight excluding hydrogens is 232 g/mol. The summed E-state index contributed by atoms with van der Waals surface area (Å²) in [6.45, 7) is 6.91. The zero-order valence-electron chi connectivity index (χ0n) is 10.4. The molecule has 0 aromatic carbocycles. The molecule has 2 aliphatic rings. The van der Waals surface area contributed by atoms with Gasteiger partial charge in [0.05, 0.1) is 0 Å². The van der Waals surface area contributed by atoms with Crippen LogP contribution < -0.4 is 4.90 Å². The number of hydrogen-bond donors (Lipinski definition) is 0. The molecule has 2 saturated heterocycles. The summed E-state index contributed by atoms with van der Waals surface area (Å²) in [5.74, 6) is 0.909. The third-order valence-electron chi connectivity index (χ3n) is 3.91. The SMILES string of the molecule is Cc1nsc(N2CCC(N3CCCC3)CC2)n1. The smallest absolute Gasteiger partial charge is 0.205 e. The van der Waals surface area contributed by atoms with E-state index in [9.17, 15) is 0 Å². The molecule has 0 radical (unpaired) electrons. The molecule has 1 aromatic heterocycles. The van der Waals surface area contributed by atoms with Crippen LogP contribution in [0.3, 0.4) is 0 Å². The van der Waals surface area contributed by atoms with E-state index in [0.29, 0.717) is 0 Å². The van der Waals surface area contributed by atoms with Gasteiger partial charge >= 0.3 is 0 Å². The lowest BCUT2D eigenvalue weighted by Crippen LogP contribution is -2.43. The summed E-state index contributed by atoms with van der Waals surface area (Å²) in [7, 11) is 0. The maximum atomic E-state index is 4.48. The molecule has 0 N–H and O–H groups in total. The number of likely N-dealkylation sites (tertiary alicyclic amines) is 1. The Kier molecular flexibility index (Phi) is 3.29. The fourth-order valence-electron chi connectivity index (χ4n) is 2.94. The van der Waals surface area contributed by atoms with Crippen molar-refractivity contribution in [2.24, 2.45) is 0 Å². The molecule has 0 saturated carbocycles. The molecular formula is C12H20N4S. The van der Waals surface area contributed by atoms with E-state index in [4.69, 9.17) is 0 Å². The Hall–Kier alpha value is -0.680. The third-order valence-corrected chi connectivity index (χ3v) is 4.78. The molecule has 0 atom stereocenters. The van der Waals surface area contributed by atoms with Gasteiger partial charge in [-0.1, -0.05) is 0 Å². The maximum Gasteiger partial charge on any atom is 0.205 e. The molecule has 2 fully saturated rings. The fourth-order valence-corrected chi connectivity index (χ4v) is 3.67. The Balaban J connectivity index is 1.56. The van der Waals surface area contributed by atoms with E-state index in [-0.39, 0.29) is 0 Å². The van der Waals surface area contributed by atoms with E-state index >= 15 is 0 Å². The molecule has 5 heteroatoms. The van der Waals surface area contributed by atoms with Gasteiger partial charge in [-0.2, -0.15) is 4.37 Å². The first-order valence-corrected chi connectivity index (χ1v) is 7.39. The lowest BCUT2D eigenvalue weighted by atomic mass is 10.0. The molecule has 3 heterocycles. The third kappa shape index (κ3) is 2.45. The quantitative estimate of drug-likeness (QED) is 0.805. The predicted molar refractivity (Wildman–Crippen MR) is 70.7 cm³/mol. The standard InChI is InChI=1S/C12H20N4S/c1-10-13-12(17-14-10)16-8-4-11(5-9-16)15-6-2-3-7-15/h11H,2-9H2,1H3. The first-order chi connectivity index (χ1) is 8.33. The molecule has 0 unspecified atom stereocenters. The van der Waals surface area contributed by atoms with Crippen LogP contribution in [-0.2, 0) is 0 Å². The van der Waals surface area contributed by atoms with Crippen molar-refractivity contribution in [1.82, 2.24) is 14.3 Å². The van der Waals surface area contributed by atoms with Crippen LogP contribution in [0.2, 0.25) is 0 Å². The first kappa shape index (κ1) is 11.4. The maximum absolute atomic E-state index is 4.48. The molecule has 0 spiro atoms. The highest BCUT2D eigenvalue weighted by Gasteiger charge is 2.27. The molecule has 4 nitrogen and oxygen atoms in total. The Labute approximate surface area is 107 Å². The second kappa shape index (κ2) is 4.90. The van der Waals surface area contributed by atoms with Gasteiger partial charge in [0.15, 0.2) is 0 Å². The van der Waals surface area contributed by atoms with E-state index in [0.717, 1.165) is 30.1 Å². The molecule has 2 aliphatic heterocycles. The number of aromatic nitrogens is 2. The van der Waals surface area contributed by atoms with Crippen molar-refractivity contribution in [3.63, 3.8) is 0 Å². The molecule has 0 bridgehead atoms. The van der Waals surface area contributed by atoms with Crippen LogP contribution in [0.15, 0.2) is 0 Å². The highest BCUT2D eigenvalue weighted by Crippen LogP contribution is 2.25. The van der Waals surface area contributed by atoms with Crippen LogP contribution in [0.1, 0.15) is 31.5 Å². The molecule has 3 rings (SSSR count). The van der Waals surface area contributed by atoms with Crippen molar-refractivity contribution in [3.8, 4) is 0 Å². The number of rotatable bonds is 2. The Morgan fingerprint density at radius 3 is 2.41 bits per heavy atom. The molecule has 94 valence electrons. The summed E-state index contributed by atoms with van der Waals surface area (Å²) < 4.78 is 4.27. The predicted octanol–water partition coefficient (Wildman–Crippen LogP) is 1.91. The fraction of sp³-hybridized carbons (Fsp3) is 0.833. The van der Waals surface area contributed by atoms with E-state index in [1.54, 1.807) is 11.5 Å². The highest BCUT2D eigenvalue weighted by atomic mass is 32.1. The second-order valence-corrected chi connectivity index (χ2v) is 5.82. The largest absolute Gasteiger partial charge is 0.347 e. The van der Waals surface area contributed by atoms with Crippen molar-refractivity contribution in [1.29, 1.82) is 0 Å². The van der Waals surface area contributed by atoms with Crippen molar-refractivity contribution < 1.29 is 0 Å². The Morgan fingerprint density at radius 2 is 1.82 bits per heavy atom. The van der Waals surface area contributed by atoms with E-state index in [2.05, 4.69) is 19.2 Å². The van der Waals surface area contributed by atoms with Crippen LogP contribution in [-0.4, -0.2) is 46.5 Å². The minimum atomic E-state index is 0.822. The van der Waals surface area contributed by atoms with E-state index in [1.165, 1.54) is 38.8 Å². The summed E-state index contributed by atoms with van der Waals surface area (Å²) in [5, 5.41) is 1.11. The van der Waals surface area contributed by atoms with Gasteiger partial charge in [-0.3, -0.25) is 0 Å². The van der Waals surface area contributed by atoms with Crippen LogP contribution in [0.4, 0.5) is 5.13 Å². The summed E-state index contributed by atoms with van der Waals surface area (Å²) in [6.07, 6.45) is 5.38. The molecule has 1 aromatic rings. The van der Waals surface area contributed by atoms with Gasteiger partial charge in [0.1, 0.15) is 5.82 Å². The summed E-state index contributed by atoms with van der Waals surface area (Å²) in [5.41, 5.74) is 0. The summed E-state index contributed by atoms with van der Waals surface area (Å²) in [4.78, 5) is 9.56. The van der Waals surface area contributed by atoms with Gasteiger partial charge in [-0.05, 0) is 45.7 Å². The van der Waals surface area contributed by atoms with Gasteiger partial charge in [0, 0.05) is 30.7 Å². The van der Waals surface area contributed by atoms with Crippen molar-refractivity contribution >= 4 is 16.7 Å². The number of aryl methyl sites for hydroxylation is 1. The average Bonchev–Trinajstić information content (AvgIpc) is 3.00. The highest BCUT2D eigenvalue weighted by molar-refractivity contribution is 7.09. The lowest BCUT2D eigenvalue weighted by molar-refractivity contribution is 0.208. The zero-order chi connectivity index (χ0) is 11.7. The number of piperidine rings is 1. The zero-order valence-corrected chi connectivity index (χ0v) is 11.2. The monoisotopic (exact) mass is 252 g/mol. The van der Waals surface area contributed by atoms with E-state index in [1.807, 2.05) is 6.92 Å². The Morgan fingerprint density at radius 1 is 1.12 bits per heavy atom. The second-order valence-electron chi connectivity index (χ2n) is 5.09. The van der Waals surface area contributed by atoms with Crippen LogP contribution in [0.25, 0.3) is 0 Å². The van der Waals surface area contributed by atoms with Crippen LogP contribution >= 0.6 is 11.5 Å². The Bertz CT molecular complexity index is 364. The van der Waals surface area contributed by atoms with Crippen molar-refractivity contribution in [3.05, 3.63) is 5.82 Å². The van der Waals surface area contributed by atoms with Gasteiger partial charge < -0.3 is 9.80 Å². The topological polar surface area (TPSA) is 32.3 Å². The minimum absolute atomic E-state index is 0.822. The van der Waals surface area contributed by atoms with Crippen molar-refractivity contribution in [2.75, 3.05) is 31.1 Å². The average molecular weight is 252 g/mol.